The fourth-order valence-electron chi connectivity index (χ4n) is 13.5. The van der Waals surface area contributed by atoms with Gasteiger partial charge < -0.3 is 30.1 Å². The molecular weight excluding hydrogens is 723 g/mol. The third-order valence-electron chi connectivity index (χ3n) is 16.6. The van der Waals surface area contributed by atoms with Crippen molar-refractivity contribution in [1.29, 1.82) is 0 Å². The quantitative estimate of drug-likeness (QED) is 0.216. The summed E-state index contributed by atoms with van der Waals surface area (Å²) in [5.74, 6) is -0.257. The van der Waals surface area contributed by atoms with Crippen molar-refractivity contribution in [3.63, 3.8) is 0 Å². The zero-order chi connectivity index (χ0) is 42.3. The number of amides is 3. The molecule has 0 spiro atoms. The van der Waals surface area contributed by atoms with E-state index in [4.69, 9.17) is 9.47 Å². The number of esters is 1. The number of nitrogens with one attached hydrogen (secondary N) is 2. The Kier molecular flexibility index (Phi) is 11.1. The third kappa shape index (κ3) is 7.42. The topological polar surface area (TPSA) is 151 Å². The highest BCUT2D eigenvalue weighted by molar-refractivity contribution is 6.02. The predicted octanol–water partition coefficient (Wildman–Crippen LogP) is 8.83. The number of hydrogen-bond acceptors (Lipinski definition) is 7. The Bertz CT molecular complexity index is 1690. The van der Waals surface area contributed by atoms with Crippen LogP contribution in [0.25, 0.3) is 0 Å². The van der Waals surface area contributed by atoms with Crippen LogP contribution in [0.1, 0.15) is 160 Å². The number of allylic oxidation sites excluding steroid dienone is 1. The number of rotatable bonds is 7. The lowest BCUT2D eigenvalue weighted by Gasteiger charge is -2.72. The van der Waals surface area contributed by atoms with Crippen molar-refractivity contribution in [3.05, 3.63) is 11.1 Å². The average molecular weight is 796 g/mol. The molecule has 11 heteroatoms. The number of nitrogens with zero attached hydrogens (tertiary/aromatic N) is 1. The van der Waals surface area contributed by atoms with E-state index in [9.17, 15) is 29.1 Å². The number of carbonyl (C=O) groups is 5. The van der Waals surface area contributed by atoms with E-state index in [2.05, 4.69) is 59.1 Å². The molecule has 0 unspecified atom stereocenters. The fraction of sp³-hybridized carbons (Fsp3) is 0.848. The second-order valence-electron chi connectivity index (χ2n) is 22.3. The average Bonchev–Trinajstić information content (AvgIpc) is 3.37. The number of hydrogen-bond donors (Lipinski definition) is 3. The van der Waals surface area contributed by atoms with Gasteiger partial charge in [-0.3, -0.25) is 14.4 Å². The van der Waals surface area contributed by atoms with Crippen LogP contribution in [0.4, 0.5) is 9.59 Å². The first-order chi connectivity index (χ1) is 26.2. The zero-order valence-electron chi connectivity index (χ0n) is 37.1. The summed E-state index contributed by atoms with van der Waals surface area (Å²) in [6.45, 7) is 26.0. The van der Waals surface area contributed by atoms with Crippen LogP contribution in [-0.2, 0) is 23.9 Å². The number of ether oxygens (including phenoxy) is 2. The van der Waals surface area contributed by atoms with Gasteiger partial charge in [0.25, 0.3) is 0 Å². The minimum absolute atomic E-state index is 0.00350. The summed E-state index contributed by atoms with van der Waals surface area (Å²) in [5, 5.41) is 16.3. The summed E-state index contributed by atoms with van der Waals surface area (Å²) in [6.07, 6.45) is 8.26. The summed E-state index contributed by atoms with van der Waals surface area (Å²) in [4.78, 5) is 67.3. The van der Waals surface area contributed by atoms with Crippen molar-refractivity contribution in [2.24, 2.45) is 50.7 Å². The number of Topliss-reactive ketones (excluding diaryl/α,β-unsaturated/α-hetero) is 1. The Labute approximate surface area is 341 Å². The molecule has 320 valence electrons. The highest BCUT2D eigenvalue weighted by Gasteiger charge is 2.70. The van der Waals surface area contributed by atoms with E-state index in [0.717, 1.165) is 56.9 Å². The highest BCUT2D eigenvalue weighted by atomic mass is 16.6. The Morgan fingerprint density at radius 1 is 0.842 bits per heavy atom. The fourth-order valence-corrected chi connectivity index (χ4v) is 13.5. The monoisotopic (exact) mass is 796 g/mol. The molecule has 1 aliphatic heterocycles. The van der Waals surface area contributed by atoms with Gasteiger partial charge in [-0.15, -0.1) is 0 Å². The molecule has 0 radical (unpaired) electrons. The number of carboxylic acids is 1. The van der Waals surface area contributed by atoms with Crippen LogP contribution >= 0.6 is 0 Å². The minimum atomic E-state index is -1.18. The lowest BCUT2D eigenvalue weighted by Crippen LogP contribution is -2.67. The van der Waals surface area contributed by atoms with Gasteiger partial charge in [0.1, 0.15) is 11.7 Å². The molecule has 0 bridgehead atoms. The van der Waals surface area contributed by atoms with E-state index in [0.29, 0.717) is 44.2 Å². The summed E-state index contributed by atoms with van der Waals surface area (Å²) in [7, 11) is 0. The minimum Gasteiger partial charge on any atom is -0.481 e. The van der Waals surface area contributed by atoms with Crippen molar-refractivity contribution < 1.29 is 38.6 Å². The number of carboxylic acid groups (broad SMARTS) is 1. The number of carbonyl (C=O) groups excluding carboxylic acids is 4. The van der Waals surface area contributed by atoms with Crippen molar-refractivity contribution in [3.8, 4) is 0 Å². The van der Waals surface area contributed by atoms with Crippen LogP contribution in [0, 0.1) is 50.7 Å². The van der Waals surface area contributed by atoms with Gasteiger partial charge in [-0.25, -0.2) is 9.59 Å². The van der Waals surface area contributed by atoms with Gasteiger partial charge in [-0.2, -0.15) is 0 Å². The van der Waals surface area contributed by atoms with E-state index in [1.54, 1.807) is 18.7 Å². The van der Waals surface area contributed by atoms with Gasteiger partial charge in [0.2, 0.25) is 0 Å². The summed E-state index contributed by atoms with van der Waals surface area (Å²) in [5.41, 5.74) is -0.643. The molecule has 1 saturated heterocycles. The predicted molar refractivity (Wildman–Crippen MR) is 218 cm³/mol. The van der Waals surface area contributed by atoms with Crippen molar-refractivity contribution in [2.45, 2.75) is 183 Å². The molecular formula is C46H73N3O8. The first-order valence-corrected chi connectivity index (χ1v) is 22.0. The second-order valence-corrected chi connectivity index (χ2v) is 22.3. The highest BCUT2D eigenvalue weighted by Crippen LogP contribution is 2.76. The van der Waals surface area contributed by atoms with Crippen LogP contribution in [0.5, 0.6) is 0 Å². The van der Waals surface area contributed by atoms with E-state index in [-0.39, 0.29) is 70.0 Å². The summed E-state index contributed by atoms with van der Waals surface area (Å²) < 4.78 is 11.7. The number of fused-ring (bicyclic) bond motifs is 7. The number of ketones is 1. The molecule has 4 saturated carbocycles. The van der Waals surface area contributed by atoms with Gasteiger partial charge in [-0.05, 0) is 150 Å². The maximum absolute atomic E-state index is 14.1. The van der Waals surface area contributed by atoms with E-state index >= 15 is 0 Å². The summed E-state index contributed by atoms with van der Waals surface area (Å²) in [6, 6.07) is -0.309. The molecule has 3 amide bonds. The Morgan fingerprint density at radius 2 is 1.49 bits per heavy atom. The Balaban J connectivity index is 1.20. The second kappa shape index (κ2) is 14.6. The normalized spacial score (nSPS) is 36.7. The molecule has 6 aliphatic rings. The Morgan fingerprint density at radius 3 is 2.09 bits per heavy atom. The first kappa shape index (κ1) is 43.5. The van der Waals surface area contributed by atoms with Crippen LogP contribution in [0.3, 0.4) is 0 Å². The molecule has 3 N–H and O–H groups in total. The molecule has 0 aromatic carbocycles. The van der Waals surface area contributed by atoms with E-state index in [1.807, 2.05) is 20.8 Å². The van der Waals surface area contributed by atoms with Gasteiger partial charge >= 0.3 is 24.1 Å². The molecule has 5 fully saturated rings. The van der Waals surface area contributed by atoms with Gasteiger partial charge in [0, 0.05) is 31.0 Å². The number of piperidine rings is 1. The van der Waals surface area contributed by atoms with Gasteiger partial charge in [0.15, 0.2) is 5.78 Å². The van der Waals surface area contributed by atoms with Crippen LogP contribution in [0.2, 0.25) is 0 Å². The number of likely N-dealkylation sites (tertiary alicyclic amines) is 1. The largest absolute Gasteiger partial charge is 0.481 e. The van der Waals surface area contributed by atoms with E-state index < -0.39 is 28.5 Å². The van der Waals surface area contributed by atoms with Crippen LogP contribution in [0.15, 0.2) is 11.1 Å². The van der Waals surface area contributed by atoms with Gasteiger partial charge in [-0.1, -0.05) is 48.5 Å². The summed E-state index contributed by atoms with van der Waals surface area (Å²) >= 11 is 0. The molecule has 0 aromatic heterocycles. The third-order valence-corrected chi connectivity index (χ3v) is 16.6. The number of aliphatic carboxylic acids is 1. The molecule has 6 rings (SSSR count). The standard InChI is InChI=1S/C46H73N3O8/c1-27(2)35-30(50)25-46(48-38(54)47-28-17-23-49(24-18-28)39(55)57-40(3,4)5)22-21-44(11)29(36(35)46)13-14-32-43(10)19-16-33(56-34(51)26-41(6,7)37(52)53)42(8,9)31(43)15-20-45(32,44)12/h27-29,31-33H,13-26H2,1-12H3,(H,52,53)(H2,47,48,54)/t29-,31+,32-,33+,43+,44-,45-,46-/m1/s1. The van der Waals surface area contributed by atoms with Crippen LogP contribution < -0.4 is 10.6 Å². The zero-order valence-corrected chi connectivity index (χ0v) is 37.1. The molecule has 8 atom stereocenters. The SMILES string of the molecule is CC(C)C1=C2[C@H]3CC[C@@H]4[C@@]5(C)CC[C@H](OC(=O)CC(C)(C)C(=O)O)C(C)(C)[C@@H]5CC[C@@]4(C)[C@]3(C)CC[C@@]2(NC(=O)NC2CCN(C(=O)OC(C)(C)C)CC2)CC1=O. The smallest absolute Gasteiger partial charge is 0.410 e. The van der Waals surface area contributed by atoms with E-state index in [1.165, 1.54) is 5.57 Å². The maximum Gasteiger partial charge on any atom is 0.410 e. The molecule has 0 aromatic rings. The molecule has 11 nitrogen and oxygen atoms in total. The van der Waals surface area contributed by atoms with Crippen molar-refractivity contribution in [1.82, 2.24) is 15.5 Å². The number of urea groups is 1. The van der Waals surface area contributed by atoms with Gasteiger partial charge in [0.05, 0.1) is 17.4 Å². The lowest BCUT2D eigenvalue weighted by atomic mass is 9.33. The maximum atomic E-state index is 14.1. The van der Waals surface area contributed by atoms with Crippen molar-refractivity contribution in [2.75, 3.05) is 13.1 Å². The first-order valence-electron chi connectivity index (χ1n) is 22.0. The van der Waals surface area contributed by atoms with Crippen LogP contribution in [-0.4, -0.2) is 76.2 Å². The molecule has 57 heavy (non-hydrogen) atoms. The molecule has 1 heterocycles. The lowest BCUT2D eigenvalue weighted by molar-refractivity contribution is -0.232. The molecule has 5 aliphatic carbocycles. The van der Waals surface area contributed by atoms with Crippen molar-refractivity contribution >= 4 is 29.8 Å². The Hall–Kier alpha value is -3.11.